The number of hydrogen-bond acceptors (Lipinski definition) is 7. The molecule has 4 aromatic rings. The highest BCUT2D eigenvalue weighted by Gasteiger charge is 2.31. The lowest BCUT2D eigenvalue weighted by Crippen LogP contribution is -2.50. The van der Waals surface area contributed by atoms with Gasteiger partial charge in [-0.25, -0.2) is 18.8 Å². The fraction of sp³-hybridized carbons (Fsp3) is 0.312. The monoisotopic (exact) mass is 568 g/mol. The number of piperazine rings is 1. The average Bonchev–Trinajstić information content (AvgIpc) is 3.40. The third-order valence-electron chi connectivity index (χ3n) is 7.40. The second kappa shape index (κ2) is 12.9. The number of nitrogens with zero attached hydrogens (tertiary/aromatic N) is 5. The largest absolute Gasteiger partial charge is 0.462 e. The van der Waals surface area contributed by atoms with Gasteiger partial charge in [0.2, 0.25) is 5.91 Å². The maximum Gasteiger partial charge on any atom is 0.350 e. The number of nitrogens with one attached hydrogen (secondary N) is 1. The van der Waals surface area contributed by atoms with Gasteiger partial charge in [0.05, 0.1) is 29.6 Å². The summed E-state index contributed by atoms with van der Waals surface area (Å²) in [5.74, 6) is -0.675. The molecule has 0 aliphatic carbocycles. The van der Waals surface area contributed by atoms with Gasteiger partial charge in [-0.15, -0.1) is 0 Å². The van der Waals surface area contributed by atoms with Crippen LogP contribution in [0, 0.1) is 0 Å². The Morgan fingerprint density at radius 1 is 0.881 bits per heavy atom. The standard InChI is InChI=1S/C32H36N6O4/c1-4-42-31(40)27-12-8-9-13-28(27)34-30(39)29(24-10-6-5-7-11-24)36-20-18-35(19-21-36)25-14-16-26(17-15-25)37-22-33-38(23(2)3)32(37)41/h5-17,22-23,29H,4,18-21H2,1-3H3,(H,34,39). The minimum atomic E-state index is -0.532. The zero-order valence-electron chi connectivity index (χ0n) is 24.1. The highest BCUT2D eigenvalue weighted by atomic mass is 16.5. The molecular weight excluding hydrogens is 532 g/mol. The van der Waals surface area contributed by atoms with Gasteiger partial charge < -0.3 is 15.0 Å². The van der Waals surface area contributed by atoms with Gasteiger partial charge in [-0.2, -0.15) is 5.10 Å². The molecule has 1 atom stereocenters. The maximum atomic E-state index is 13.8. The summed E-state index contributed by atoms with van der Waals surface area (Å²) in [6.07, 6.45) is 1.55. The summed E-state index contributed by atoms with van der Waals surface area (Å²) in [6.45, 7) is 8.63. The first-order valence-electron chi connectivity index (χ1n) is 14.2. The summed E-state index contributed by atoms with van der Waals surface area (Å²) in [6, 6.07) is 23.9. The van der Waals surface area contributed by atoms with Crippen LogP contribution in [0.3, 0.4) is 0 Å². The number of para-hydroxylation sites is 1. The molecule has 3 aromatic carbocycles. The van der Waals surface area contributed by atoms with E-state index in [-0.39, 0.29) is 24.2 Å². The minimum absolute atomic E-state index is 0.0107. The number of esters is 1. The van der Waals surface area contributed by atoms with Crippen molar-refractivity contribution in [2.45, 2.75) is 32.9 Å². The van der Waals surface area contributed by atoms with Crippen molar-refractivity contribution in [1.29, 1.82) is 0 Å². The Morgan fingerprint density at radius 3 is 2.17 bits per heavy atom. The topological polar surface area (TPSA) is 102 Å². The molecule has 1 aliphatic rings. The van der Waals surface area contributed by atoms with Gasteiger partial charge in [-0.05, 0) is 62.7 Å². The Kier molecular flexibility index (Phi) is 8.83. The third-order valence-corrected chi connectivity index (χ3v) is 7.40. The van der Waals surface area contributed by atoms with E-state index < -0.39 is 12.0 Å². The molecule has 1 aromatic heterocycles. The van der Waals surface area contributed by atoms with E-state index in [1.165, 1.54) is 4.68 Å². The highest BCUT2D eigenvalue weighted by Crippen LogP contribution is 2.27. The lowest BCUT2D eigenvalue weighted by molar-refractivity contribution is -0.121. The molecular formula is C32H36N6O4. The Balaban J connectivity index is 1.30. The van der Waals surface area contributed by atoms with Crippen molar-refractivity contribution in [3.05, 3.63) is 107 Å². The van der Waals surface area contributed by atoms with Crippen molar-refractivity contribution in [3.8, 4) is 5.69 Å². The fourth-order valence-corrected chi connectivity index (χ4v) is 5.25. The van der Waals surface area contributed by atoms with E-state index in [4.69, 9.17) is 4.74 Å². The van der Waals surface area contributed by atoms with E-state index in [0.29, 0.717) is 24.3 Å². The van der Waals surface area contributed by atoms with Crippen molar-refractivity contribution in [2.24, 2.45) is 0 Å². The molecule has 1 amide bonds. The van der Waals surface area contributed by atoms with Crippen molar-refractivity contribution >= 4 is 23.3 Å². The van der Waals surface area contributed by atoms with Crippen molar-refractivity contribution in [1.82, 2.24) is 19.2 Å². The number of anilines is 2. The average molecular weight is 569 g/mol. The summed E-state index contributed by atoms with van der Waals surface area (Å²) in [5.41, 5.74) is 3.28. The lowest BCUT2D eigenvalue weighted by atomic mass is 10.0. The van der Waals surface area contributed by atoms with Crippen molar-refractivity contribution in [2.75, 3.05) is 43.0 Å². The van der Waals surface area contributed by atoms with E-state index in [9.17, 15) is 14.4 Å². The number of aromatic nitrogens is 3. The van der Waals surface area contributed by atoms with Crippen LogP contribution in [0.4, 0.5) is 11.4 Å². The van der Waals surface area contributed by atoms with Crippen LogP contribution in [0.1, 0.15) is 48.8 Å². The summed E-state index contributed by atoms with van der Waals surface area (Å²) in [5, 5.41) is 7.21. The van der Waals surface area contributed by atoms with Crippen LogP contribution in [0.25, 0.3) is 5.69 Å². The van der Waals surface area contributed by atoms with Crippen LogP contribution in [0.2, 0.25) is 0 Å². The second-order valence-corrected chi connectivity index (χ2v) is 10.4. The number of hydrogen-bond donors (Lipinski definition) is 1. The maximum absolute atomic E-state index is 13.8. The van der Waals surface area contributed by atoms with Gasteiger partial charge >= 0.3 is 11.7 Å². The molecule has 1 fully saturated rings. The molecule has 1 N–H and O–H groups in total. The molecule has 10 heteroatoms. The summed E-state index contributed by atoms with van der Waals surface area (Å²) in [7, 11) is 0. The Bertz CT molecular complexity index is 1570. The minimum Gasteiger partial charge on any atom is -0.462 e. The Hall–Kier alpha value is -4.70. The number of carbonyl (C=O) groups excluding carboxylic acids is 2. The molecule has 2 heterocycles. The van der Waals surface area contributed by atoms with Gasteiger partial charge in [-0.3, -0.25) is 9.69 Å². The number of amides is 1. The number of carbonyl (C=O) groups is 2. The van der Waals surface area contributed by atoms with Crippen LogP contribution in [-0.4, -0.2) is 63.9 Å². The van der Waals surface area contributed by atoms with E-state index in [1.807, 2.05) is 68.4 Å². The molecule has 1 aliphatic heterocycles. The molecule has 10 nitrogen and oxygen atoms in total. The number of ether oxygens (including phenoxy) is 1. The predicted molar refractivity (Wildman–Crippen MR) is 162 cm³/mol. The SMILES string of the molecule is CCOC(=O)c1ccccc1NC(=O)C(c1ccccc1)N1CCN(c2ccc(-n3cnn(C(C)C)c3=O)cc2)CC1. The lowest BCUT2D eigenvalue weighted by Gasteiger charge is -2.39. The first-order valence-corrected chi connectivity index (χ1v) is 14.2. The molecule has 1 unspecified atom stereocenters. The Morgan fingerprint density at radius 2 is 1.52 bits per heavy atom. The molecule has 218 valence electrons. The Labute approximate surface area is 245 Å². The third kappa shape index (κ3) is 6.13. The fourth-order valence-electron chi connectivity index (χ4n) is 5.25. The van der Waals surface area contributed by atoms with Gasteiger partial charge in [0, 0.05) is 31.9 Å². The summed E-state index contributed by atoms with van der Waals surface area (Å²) < 4.78 is 8.19. The predicted octanol–water partition coefficient (Wildman–Crippen LogP) is 4.29. The number of rotatable bonds is 9. The molecule has 0 bridgehead atoms. The van der Waals surface area contributed by atoms with Crippen LogP contribution in [-0.2, 0) is 9.53 Å². The first kappa shape index (κ1) is 28.8. The normalized spacial score (nSPS) is 14.5. The molecule has 5 rings (SSSR count). The second-order valence-electron chi connectivity index (χ2n) is 10.4. The van der Waals surface area contributed by atoms with Gasteiger partial charge in [-0.1, -0.05) is 42.5 Å². The zero-order chi connectivity index (χ0) is 29.6. The van der Waals surface area contributed by atoms with E-state index >= 15 is 0 Å². The quantitative estimate of drug-likeness (QED) is 0.301. The molecule has 0 spiro atoms. The smallest absolute Gasteiger partial charge is 0.350 e. The van der Waals surface area contributed by atoms with Crippen molar-refractivity contribution in [3.63, 3.8) is 0 Å². The van der Waals surface area contributed by atoms with E-state index in [0.717, 1.165) is 30.0 Å². The van der Waals surface area contributed by atoms with Crippen molar-refractivity contribution < 1.29 is 14.3 Å². The van der Waals surface area contributed by atoms with Crippen LogP contribution < -0.4 is 15.9 Å². The molecule has 0 saturated carbocycles. The molecule has 42 heavy (non-hydrogen) atoms. The van der Waals surface area contributed by atoms with Crippen LogP contribution in [0.5, 0.6) is 0 Å². The van der Waals surface area contributed by atoms with Crippen LogP contribution in [0.15, 0.2) is 90.0 Å². The summed E-state index contributed by atoms with van der Waals surface area (Å²) in [4.78, 5) is 43.4. The van der Waals surface area contributed by atoms with Gasteiger partial charge in [0.1, 0.15) is 12.4 Å². The van der Waals surface area contributed by atoms with Crippen LogP contribution >= 0.6 is 0 Å². The van der Waals surface area contributed by atoms with E-state index in [2.05, 4.69) is 20.2 Å². The molecule has 1 saturated heterocycles. The van der Waals surface area contributed by atoms with Gasteiger partial charge in [0.15, 0.2) is 0 Å². The van der Waals surface area contributed by atoms with E-state index in [1.54, 1.807) is 42.1 Å². The zero-order valence-corrected chi connectivity index (χ0v) is 24.1. The number of benzene rings is 3. The highest BCUT2D eigenvalue weighted by molar-refractivity contribution is 6.03. The van der Waals surface area contributed by atoms with Gasteiger partial charge in [0.25, 0.3) is 0 Å². The first-order chi connectivity index (χ1) is 20.4. The molecule has 0 radical (unpaired) electrons. The summed E-state index contributed by atoms with van der Waals surface area (Å²) >= 11 is 0.